The average molecular weight is 605 g/mol. The van der Waals surface area contributed by atoms with Gasteiger partial charge in [-0.25, -0.2) is 4.79 Å². The first-order valence-electron chi connectivity index (χ1n) is 14.4. The lowest BCUT2D eigenvalue weighted by atomic mass is 9.49. The molecule has 3 fully saturated rings. The van der Waals surface area contributed by atoms with Gasteiger partial charge in [-0.3, -0.25) is 9.59 Å². The van der Waals surface area contributed by atoms with Crippen molar-refractivity contribution < 1.29 is 58.9 Å². The number of aliphatic hydroxyl groups is 5. The highest BCUT2D eigenvalue weighted by Crippen LogP contribution is 2.67. The first kappa shape index (κ1) is 31.6. The van der Waals surface area contributed by atoms with Gasteiger partial charge in [-0.1, -0.05) is 18.2 Å². The fraction of sp³-hybridized carbons (Fsp3) is 0.645. The molecular weight excluding hydrogens is 564 g/mol. The molecule has 1 aliphatic heterocycles. The number of ether oxygens (including phenoxy) is 4. The minimum Gasteiger partial charge on any atom is -0.465 e. The van der Waals surface area contributed by atoms with E-state index in [-0.39, 0.29) is 36.2 Å². The number of carbonyl (C=O) groups is 3. The van der Waals surface area contributed by atoms with E-state index in [9.17, 15) is 39.9 Å². The van der Waals surface area contributed by atoms with E-state index in [1.807, 2.05) is 0 Å². The van der Waals surface area contributed by atoms with Gasteiger partial charge in [-0.2, -0.15) is 0 Å². The van der Waals surface area contributed by atoms with Gasteiger partial charge in [0.15, 0.2) is 5.60 Å². The van der Waals surface area contributed by atoms with Crippen LogP contribution in [0.1, 0.15) is 57.8 Å². The summed E-state index contributed by atoms with van der Waals surface area (Å²) in [6.07, 6.45) is -9.39. The Kier molecular flexibility index (Phi) is 7.81. The average Bonchev–Trinajstić information content (AvgIpc) is 3.17. The lowest BCUT2D eigenvalue weighted by Gasteiger charge is -2.65. The Hall–Kier alpha value is -2.87. The molecule has 1 saturated heterocycles. The van der Waals surface area contributed by atoms with Gasteiger partial charge in [0.2, 0.25) is 0 Å². The fourth-order valence-corrected chi connectivity index (χ4v) is 8.31. The number of benzene rings is 1. The number of carbonyl (C=O) groups excluding carboxylic acids is 3. The van der Waals surface area contributed by atoms with Gasteiger partial charge in [0, 0.05) is 20.3 Å². The molecule has 10 atom stereocenters. The third kappa shape index (κ3) is 4.45. The first-order chi connectivity index (χ1) is 20.0. The van der Waals surface area contributed by atoms with Crippen LogP contribution in [0.5, 0.6) is 0 Å². The monoisotopic (exact) mass is 604 g/mol. The molecule has 4 aliphatic rings. The van der Waals surface area contributed by atoms with Crippen LogP contribution in [0.15, 0.2) is 41.5 Å². The van der Waals surface area contributed by atoms with Crippen LogP contribution >= 0.6 is 0 Å². The molecule has 7 unspecified atom stereocenters. The Morgan fingerprint density at radius 1 is 1.05 bits per heavy atom. The summed E-state index contributed by atoms with van der Waals surface area (Å²) in [6.45, 7) is 5.84. The van der Waals surface area contributed by atoms with Gasteiger partial charge in [0.25, 0.3) is 0 Å². The third-order valence-electron chi connectivity index (χ3n) is 10.3. The molecule has 0 bridgehead atoms. The Balaban J connectivity index is 1.88. The van der Waals surface area contributed by atoms with Crippen molar-refractivity contribution in [3.8, 4) is 0 Å². The summed E-state index contributed by atoms with van der Waals surface area (Å²) in [7, 11) is 0. The van der Waals surface area contributed by atoms with E-state index in [1.54, 1.807) is 25.1 Å². The van der Waals surface area contributed by atoms with Crippen molar-refractivity contribution in [2.24, 2.45) is 16.7 Å². The predicted molar refractivity (Wildman–Crippen MR) is 147 cm³/mol. The number of aliphatic hydroxyl groups excluding tert-OH is 4. The number of hydrogen-bond donors (Lipinski definition) is 5. The zero-order valence-corrected chi connectivity index (χ0v) is 24.9. The maximum atomic E-state index is 13.9. The SMILES string of the molecule is CC(=O)OC[C@@]12C(O)CC3OC[C@@]3(OC(C)=O)C1C(OC(=O)c1ccccc1)[C@]1(C(C)(C)O)CC(O)C(C)=C1C(O)C2O. The largest absolute Gasteiger partial charge is 0.465 e. The van der Waals surface area contributed by atoms with E-state index >= 15 is 0 Å². The van der Waals surface area contributed by atoms with Crippen LogP contribution in [-0.2, 0) is 28.5 Å². The molecule has 5 rings (SSSR count). The highest BCUT2D eigenvalue weighted by atomic mass is 16.6. The normalized spacial score (nSPS) is 40.3. The van der Waals surface area contributed by atoms with Crippen LogP contribution in [0.25, 0.3) is 0 Å². The Morgan fingerprint density at radius 2 is 1.70 bits per heavy atom. The van der Waals surface area contributed by atoms with Gasteiger partial charge in [0.1, 0.15) is 24.9 Å². The van der Waals surface area contributed by atoms with Crippen molar-refractivity contribution in [2.75, 3.05) is 13.2 Å². The molecule has 5 N–H and O–H groups in total. The molecule has 1 heterocycles. The van der Waals surface area contributed by atoms with E-state index in [0.29, 0.717) is 0 Å². The molecule has 0 radical (unpaired) electrons. The van der Waals surface area contributed by atoms with Crippen molar-refractivity contribution >= 4 is 17.9 Å². The summed E-state index contributed by atoms with van der Waals surface area (Å²) >= 11 is 0. The first-order valence-corrected chi connectivity index (χ1v) is 14.4. The van der Waals surface area contributed by atoms with E-state index in [1.165, 1.54) is 32.9 Å². The van der Waals surface area contributed by atoms with E-state index in [0.717, 1.165) is 6.92 Å². The van der Waals surface area contributed by atoms with Crippen LogP contribution < -0.4 is 0 Å². The summed E-state index contributed by atoms with van der Waals surface area (Å²) in [6, 6.07) is 8.00. The number of esters is 3. The minimum atomic E-state index is -2.00. The van der Waals surface area contributed by atoms with Crippen molar-refractivity contribution in [3.63, 3.8) is 0 Å². The number of fused-ring (bicyclic) bond motifs is 4. The molecule has 0 amide bonds. The number of hydrogen-bond acceptors (Lipinski definition) is 12. The van der Waals surface area contributed by atoms with Crippen molar-refractivity contribution in [3.05, 3.63) is 47.0 Å². The highest BCUT2D eigenvalue weighted by molar-refractivity contribution is 5.89. The Bertz CT molecular complexity index is 1320. The van der Waals surface area contributed by atoms with E-state index < -0.39 is 89.1 Å². The van der Waals surface area contributed by atoms with Gasteiger partial charge in [-0.05, 0) is 50.5 Å². The predicted octanol–water partition coefficient (Wildman–Crippen LogP) is 0.417. The van der Waals surface area contributed by atoms with Crippen LogP contribution in [0.3, 0.4) is 0 Å². The van der Waals surface area contributed by atoms with Crippen molar-refractivity contribution in [2.45, 2.75) is 95.3 Å². The highest BCUT2D eigenvalue weighted by Gasteiger charge is 2.80. The van der Waals surface area contributed by atoms with Crippen molar-refractivity contribution in [1.29, 1.82) is 0 Å². The topological polar surface area (TPSA) is 189 Å². The molecule has 43 heavy (non-hydrogen) atoms. The van der Waals surface area contributed by atoms with Gasteiger partial charge >= 0.3 is 17.9 Å². The molecule has 0 spiro atoms. The fourth-order valence-electron chi connectivity index (χ4n) is 8.31. The Morgan fingerprint density at radius 3 is 2.23 bits per heavy atom. The minimum absolute atomic E-state index is 0.0319. The summed E-state index contributed by atoms with van der Waals surface area (Å²) in [5, 5.41) is 59.2. The molecule has 1 aromatic rings. The molecule has 12 heteroatoms. The molecule has 2 saturated carbocycles. The summed E-state index contributed by atoms with van der Waals surface area (Å²) in [5.74, 6) is -3.73. The molecular formula is C31H40O12. The molecule has 236 valence electrons. The molecule has 0 aromatic heterocycles. The van der Waals surface area contributed by atoms with Crippen LogP contribution in [0, 0.1) is 16.7 Å². The number of rotatable bonds is 6. The second-order valence-corrected chi connectivity index (χ2v) is 12.9. The second-order valence-electron chi connectivity index (χ2n) is 12.9. The van der Waals surface area contributed by atoms with Gasteiger partial charge in [0.05, 0.1) is 52.8 Å². The third-order valence-corrected chi connectivity index (χ3v) is 10.3. The smallest absolute Gasteiger partial charge is 0.338 e. The van der Waals surface area contributed by atoms with Crippen LogP contribution in [0.4, 0.5) is 0 Å². The molecule has 3 aliphatic carbocycles. The quantitative estimate of drug-likeness (QED) is 0.171. The van der Waals surface area contributed by atoms with E-state index in [2.05, 4.69) is 0 Å². The summed E-state index contributed by atoms with van der Waals surface area (Å²) in [5.41, 5.74) is -6.86. The second kappa shape index (κ2) is 10.6. The summed E-state index contributed by atoms with van der Waals surface area (Å²) < 4.78 is 23.6. The Labute approximate surface area is 249 Å². The van der Waals surface area contributed by atoms with Gasteiger partial charge < -0.3 is 44.5 Å². The zero-order valence-electron chi connectivity index (χ0n) is 24.9. The standard InChI is InChI=1S/C31H40O12/c1-15-19(34)12-30(28(4,5)39)22(15)23(36)25(37)29(13-40-16(2)32)20(35)11-21-31(14-41-21,43-17(3)33)24(29)26(30)42-27(38)18-9-7-6-8-10-18/h6-10,19-21,23-26,34-37,39H,11-14H2,1-5H3/t19?,20?,21?,23?,24?,25?,26?,29-,30+,31+/m1/s1. The molecule has 1 aromatic carbocycles. The summed E-state index contributed by atoms with van der Waals surface area (Å²) in [4.78, 5) is 38.7. The zero-order chi connectivity index (χ0) is 31.7. The van der Waals surface area contributed by atoms with Crippen LogP contribution in [-0.4, -0.2) is 104 Å². The van der Waals surface area contributed by atoms with Gasteiger partial charge in [-0.15, -0.1) is 0 Å². The lowest BCUT2D eigenvalue weighted by molar-refractivity contribution is -0.358. The maximum Gasteiger partial charge on any atom is 0.338 e. The van der Waals surface area contributed by atoms with Crippen LogP contribution in [0.2, 0.25) is 0 Å². The lowest BCUT2D eigenvalue weighted by Crippen LogP contribution is -2.80. The molecule has 12 nitrogen and oxygen atoms in total. The van der Waals surface area contributed by atoms with Crippen molar-refractivity contribution in [1.82, 2.24) is 0 Å². The van der Waals surface area contributed by atoms with E-state index in [4.69, 9.17) is 18.9 Å². The maximum absolute atomic E-state index is 13.9.